The molecule has 1 amide bonds. The summed E-state index contributed by atoms with van der Waals surface area (Å²) < 4.78 is 0. The molecular formula is C12H14N2O2S2. The van der Waals surface area contributed by atoms with Crippen molar-refractivity contribution in [3.8, 4) is 0 Å². The molecule has 6 heteroatoms. The van der Waals surface area contributed by atoms with Crippen LogP contribution in [0.25, 0.3) is 0 Å². The van der Waals surface area contributed by atoms with Crippen molar-refractivity contribution in [1.29, 1.82) is 0 Å². The van der Waals surface area contributed by atoms with E-state index < -0.39 is 0 Å². The normalized spacial score (nSPS) is 14.7. The fourth-order valence-electron chi connectivity index (χ4n) is 1.75. The van der Waals surface area contributed by atoms with E-state index >= 15 is 0 Å². The summed E-state index contributed by atoms with van der Waals surface area (Å²) in [6.45, 7) is 1.31. The van der Waals surface area contributed by atoms with Gasteiger partial charge in [0, 0.05) is 19.4 Å². The number of rotatable bonds is 4. The molecule has 18 heavy (non-hydrogen) atoms. The lowest BCUT2D eigenvalue weighted by molar-refractivity contribution is -0.126. The number of amidine groups is 1. The molecule has 0 saturated heterocycles. The highest BCUT2D eigenvalue weighted by molar-refractivity contribution is 8.13. The van der Waals surface area contributed by atoms with Crippen LogP contribution in [0.15, 0.2) is 22.5 Å². The summed E-state index contributed by atoms with van der Waals surface area (Å²) in [6.07, 6.45) is 2.44. The average molecular weight is 282 g/mol. The van der Waals surface area contributed by atoms with Crippen molar-refractivity contribution in [2.24, 2.45) is 4.99 Å². The number of Topliss-reactive ketones (excluding diaryl/α,β-unsaturated/α-hetero) is 1. The van der Waals surface area contributed by atoms with Gasteiger partial charge in [-0.3, -0.25) is 19.5 Å². The first-order valence-corrected chi connectivity index (χ1v) is 7.78. The first kappa shape index (κ1) is 13.3. The molecule has 0 fully saturated rings. The average Bonchev–Trinajstić information content (AvgIpc) is 3.04. The lowest BCUT2D eigenvalue weighted by Crippen LogP contribution is -2.32. The van der Waals surface area contributed by atoms with E-state index in [2.05, 4.69) is 4.99 Å². The fourth-order valence-corrected chi connectivity index (χ4v) is 3.08. The van der Waals surface area contributed by atoms with Crippen LogP contribution in [0, 0.1) is 0 Å². The Bertz CT molecular complexity index is 468. The van der Waals surface area contributed by atoms with Crippen LogP contribution in [-0.2, 0) is 4.79 Å². The van der Waals surface area contributed by atoms with E-state index in [1.165, 1.54) is 23.1 Å². The number of ketones is 1. The van der Waals surface area contributed by atoms with Crippen molar-refractivity contribution in [3.63, 3.8) is 0 Å². The van der Waals surface area contributed by atoms with Gasteiger partial charge in [0.15, 0.2) is 11.0 Å². The number of hydrogen-bond donors (Lipinski definition) is 0. The number of carbonyl (C=O) groups is 2. The van der Waals surface area contributed by atoms with Crippen LogP contribution in [0.1, 0.15) is 22.5 Å². The number of nitrogens with zero attached hydrogens (tertiary/aromatic N) is 2. The van der Waals surface area contributed by atoms with Crippen molar-refractivity contribution in [2.45, 2.75) is 12.8 Å². The summed E-state index contributed by atoms with van der Waals surface area (Å²) >= 11 is 2.89. The Morgan fingerprint density at radius 2 is 2.33 bits per heavy atom. The van der Waals surface area contributed by atoms with Gasteiger partial charge in [-0.2, -0.15) is 0 Å². The molecule has 0 aromatic carbocycles. The van der Waals surface area contributed by atoms with Gasteiger partial charge >= 0.3 is 0 Å². The summed E-state index contributed by atoms with van der Waals surface area (Å²) in [4.78, 5) is 30.4. The second-order valence-electron chi connectivity index (χ2n) is 3.81. The van der Waals surface area contributed by atoms with Crippen LogP contribution in [-0.4, -0.2) is 41.1 Å². The maximum Gasteiger partial charge on any atom is 0.229 e. The third kappa shape index (κ3) is 3.00. The zero-order chi connectivity index (χ0) is 13.0. The molecule has 0 bridgehead atoms. The van der Waals surface area contributed by atoms with E-state index in [-0.39, 0.29) is 24.5 Å². The number of thiophene rings is 1. The number of carbonyl (C=O) groups excluding carboxylic acids is 2. The van der Waals surface area contributed by atoms with Gasteiger partial charge in [0.1, 0.15) is 0 Å². The second kappa shape index (κ2) is 6.15. The number of aliphatic imine (C=N–C) groups is 1. The van der Waals surface area contributed by atoms with E-state index in [0.29, 0.717) is 13.1 Å². The largest absolute Gasteiger partial charge is 0.293 e. The van der Waals surface area contributed by atoms with Crippen LogP contribution in [0.4, 0.5) is 0 Å². The highest BCUT2D eigenvalue weighted by Crippen LogP contribution is 2.16. The van der Waals surface area contributed by atoms with Crippen LogP contribution in [0.5, 0.6) is 0 Å². The molecule has 1 aliphatic heterocycles. The third-order valence-electron chi connectivity index (χ3n) is 2.65. The van der Waals surface area contributed by atoms with Crippen molar-refractivity contribution in [3.05, 3.63) is 22.4 Å². The van der Waals surface area contributed by atoms with Gasteiger partial charge in [0.2, 0.25) is 5.91 Å². The number of amides is 1. The molecule has 0 N–H and O–H groups in total. The summed E-state index contributed by atoms with van der Waals surface area (Å²) in [7, 11) is 0. The first-order valence-electron chi connectivity index (χ1n) is 5.68. The van der Waals surface area contributed by atoms with Gasteiger partial charge in [-0.05, 0) is 17.7 Å². The quantitative estimate of drug-likeness (QED) is 0.796. The van der Waals surface area contributed by atoms with E-state index in [1.54, 1.807) is 11.0 Å². The highest BCUT2D eigenvalue weighted by atomic mass is 32.2. The predicted molar refractivity (Wildman–Crippen MR) is 75.4 cm³/mol. The predicted octanol–water partition coefficient (Wildman–Crippen LogP) is 2.27. The Labute approximate surface area is 114 Å². The maximum absolute atomic E-state index is 12.0. The molecule has 0 atom stereocenters. The van der Waals surface area contributed by atoms with Crippen molar-refractivity contribution < 1.29 is 9.59 Å². The van der Waals surface area contributed by atoms with E-state index in [0.717, 1.165) is 10.0 Å². The minimum Gasteiger partial charge on any atom is -0.293 e. The van der Waals surface area contributed by atoms with Gasteiger partial charge < -0.3 is 0 Å². The van der Waals surface area contributed by atoms with Crippen molar-refractivity contribution >= 4 is 40.0 Å². The number of thioether (sulfide) groups is 1. The molecule has 2 rings (SSSR count). The van der Waals surface area contributed by atoms with Crippen LogP contribution < -0.4 is 0 Å². The molecule has 4 nitrogen and oxygen atoms in total. The SMILES string of the molecule is CSC1=NCCN1C(=O)CCC(=O)c1cccs1. The van der Waals surface area contributed by atoms with Gasteiger partial charge in [-0.15, -0.1) is 11.3 Å². The standard InChI is InChI=1S/C12H14N2O2S2/c1-17-12-13-6-7-14(12)11(16)5-4-9(15)10-3-2-8-18-10/h2-3,8H,4-7H2,1H3. The van der Waals surface area contributed by atoms with Crippen LogP contribution in [0.3, 0.4) is 0 Å². The maximum atomic E-state index is 12.0. The van der Waals surface area contributed by atoms with Gasteiger partial charge in [0.25, 0.3) is 0 Å². The fraction of sp³-hybridized carbons (Fsp3) is 0.417. The van der Waals surface area contributed by atoms with Crippen molar-refractivity contribution in [2.75, 3.05) is 19.3 Å². The Hall–Kier alpha value is -1.14. The zero-order valence-corrected chi connectivity index (χ0v) is 11.7. The third-order valence-corrected chi connectivity index (χ3v) is 4.27. The monoisotopic (exact) mass is 282 g/mol. The molecule has 0 spiro atoms. The lowest BCUT2D eigenvalue weighted by Gasteiger charge is -2.16. The van der Waals surface area contributed by atoms with E-state index in [9.17, 15) is 9.59 Å². The summed E-state index contributed by atoms with van der Waals surface area (Å²) in [5.41, 5.74) is 0. The molecule has 1 aromatic rings. The lowest BCUT2D eigenvalue weighted by atomic mass is 10.2. The summed E-state index contributed by atoms with van der Waals surface area (Å²) in [6, 6.07) is 3.64. The molecule has 2 heterocycles. The molecule has 0 aliphatic carbocycles. The Morgan fingerprint density at radius 1 is 1.50 bits per heavy atom. The molecule has 1 aliphatic rings. The van der Waals surface area contributed by atoms with E-state index in [1.807, 2.05) is 17.7 Å². The topological polar surface area (TPSA) is 49.7 Å². The first-order chi connectivity index (χ1) is 8.72. The van der Waals surface area contributed by atoms with Crippen LogP contribution >= 0.6 is 23.1 Å². The smallest absolute Gasteiger partial charge is 0.229 e. The van der Waals surface area contributed by atoms with Crippen molar-refractivity contribution in [1.82, 2.24) is 4.90 Å². The zero-order valence-electron chi connectivity index (χ0n) is 10.1. The van der Waals surface area contributed by atoms with Crippen LogP contribution in [0.2, 0.25) is 0 Å². The highest BCUT2D eigenvalue weighted by Gasteiger charge is 2.23. The summed E-state index contributed by atoms with van der Waals surface area (Å²) in [5, 5.41) is 2.64. The van der Waals surface area contributed by atoms with E-state index in [4.69, 9.17) is 0 Å². The second-order valence-corrected chi connectivity index (χ2v) is 5.54. The molecule has 0 saturated carbocycles. The molecule has 0 unspecified atom stereocenters. The Balaban J connectivity index is 1.85. The molecule has 96 valence electrons. The van der Waals surface area contributed by atoms with Gasteiger partial charge in [0.05, 0.1) is 11.4 Å². The molecule has 0 radical (unpaired) electrons. The number of hydrogen-bond acceptors (Lipinski definition) is 5. The molecular weight excluding hydrogens is 268 g/mol. The summed E-state index contributed by atoms with van der Waals surface area (Å²) in [5.74, 6) is 0.0330. The minimum absolute atomic E-state index is 0.00879. The molecule has 1 aromatic heterocycles. The Morgan fingerprint density at radius 3 is 3.00 bits per heavy atom. The van der Waals surface area contributed by atoms with Gasteiger partial charge in [-0.1, -0.05) is 17.8 Å². The minimum atomic E-state index is -0.00879. The Kier molecular flexibility index (Phi) is 4.54. The van der Waals surface area contributed by atoms with Gasteiger partial charge in [-0.25, -0.2) is 0 Å².